The zero-order chi connectivity index (χ0) is 19.4. The van der Waals surface area contributed by atoms with E-state index < -0.39 is 0 Å². The lowest BCUT2D eigenvalue weighted by Crippen LogP contribution is -2.20. The predicted molar refractivity (Wildman–Crippen MR) is 114 cm³/mol. The van der Waals surface area contributed by atoms with Gasteiger partial charge in [0.1, 0.15) is 5.00 Å². The van der Waals surface area contributed by atoms with Gasteiger partial charge in [0.05, 0.1) is 23.6 Å². The Hall–Kier alpha value is -1.93. The number of esters is 1. The van der Waals surface area contributed by atoms with Crippen LogP contribution in [0.1, 0.15) is 59.6 Å². The van der Waals surface area contributed by atoms with Gasteiger partial charge < -0.3 is 15.4 Å². The van der Waals surface area contributed by atoms with Gasteiger partial charge in [-0.05, 0) is 64.2 Å². The smallest absolute Gasteiger partial charge is 0.341 e. The highest BCUT2D eigenvalue weighted by Gasteiger charge is 2.26. The monoisotopic (exact) mass is 406 g/mol. The molecule has 0 fully saturated rings. The largest absolute Gasteiger partial charge is 0.462 e. The van der Waals surface area contributed by atoms with E-state index in [2.05, 4.69) is 15.7 Å². The number of hydrogen-bond acceptors (Lipinski definition) is 5. The molecule has 146 valence electrons. The van der Waals surface area contributed by atoms with Crippen LogP contribution in [0.2, 0.25) is 0 Å². The first-order valence-corrected chi connectivity index (χ1v) is 10.7. The summed E-state index contributed by atoms with van der Waals surface area (Å²) in [6, 6.07) is 0. The van der Waals surface area contributed by atoms with Crippen molar-refractivity contribution < 1.29 is 9.53 Å². The van der Waals surface area contributed by atoms with Gasteiger partial charge in [0, 0.05) is 17.6 Å². The van der Waals surface area contributed by atoms with Crippen LogP contribution in [0, 0.1) is 6.92 Å². The van der Waals surface area contributed by atoms with Gasteiger partial charge in [-0.15, -0.1) is 11.3 Å². The van der Waals surface area contributed by atoms with E-state index in [0.29, 0.717) is 17.3 Å². The average molecular weight is 407 g/mol. The third-order valence-corrected chi connectivity index (χ3v) is 6.06. The highest BCUT2D eigenvalue weighted by molar-refractivity contribution is 7.80. The number of hydrogen-bond donors (Lipinski definition) is 2. The minimum absolute atomic E-state index is 0.266. The van der Waals surface area contributed by atoms with E-state index >= 15 is 0 Å². The van der Waals surface area contributed by atoms with Crippen molar-refractivity contribution in [2.24, 2.45) is 0 Å². The maximum Gasteiger partial charge on any atom is 0.341 e. The van der Waals surface area contributed by atoms with Gasteiger partial charge in [0.2, 0.25) is 0 Å². The molecule has 8 heteroatoms. The van der Waals surface area contributed by atoms with Crippen LogP contribution < -0.4 is 10.6 Å². The standard InChI is InChI=1S/C19H26N4O2S2/c1-4-23-11-14(12(3)22-23)20-19(26)21-17-16(18(24)25-5-2)13-9-7-6-8-10-15(13)27-17/h11H,4-10H2,1-3H3,(H2,20,21,26). The van der Waals surface area contributed by atoms with Crippen LogP contribution in [0.25, 0.3) is 0 Å². The third-order valence-electron chi connectivity index (χ3n) is 4.65. The van der Waals surface area contributed by atoms with Crippen LogP contribution in [0.5, 0.6) is 0 Å². The van der Waals surface area contributed by atoms with E-state index in [-0.39, 0.29) is 5.97 Å². The number of ether oxygens (including phenoxy) is 1. The quantitative estimate of drug-likeness (QED) is 0.432. The summed E-state index contributed by atoms with van der Waals surface area (Å²) in [7, 11) is 0. The van der Waals surface area contributed by atoms with Crippen molar-refractivity contribution in [2.75, 3.05) is 17.2 Å². The molecule has 3 rings (SSSR count). The van der Waals surface area contributed by atoms with Crippen LogP contribution in [0.3, 0.4) is 0 Å². The fourth-order valence-corrected chi connectivity index (χ4v) is 4.87. The second-order valence-electron chi connectivity index (χ2n) is 6.55. The minimum Gasteiger partial charge on any atom is -0.462 e. The molecule has 27 heavy (non-hydrogen) atoms. The van der Waals surface area contributed by atoms with Crippen LogP contribution in [0.4, 0.5) is 10.7 Å². The second kappa shape index (κ2) is 8.84. The molecule has 0 amide bonds. The Balaban J connectivity index is 1.83. The number of carbonyl (C=O) groups excluding carboxylic acids is 1. The molecule has 1 aliphatic rings. The SMILES string of the molecule is CCOC(=O)c1c(NC(=S)Nc2cn(CC)nc2C)sc2c1CCCCC2. The molecule has 2 aromatic heterocycles. The van der Waals surface area contributed by atoms with Gasteiger partial charge in [-0.2, -0.15) is 5.10 Å². The summed E-state index contributed by atoms with van der Waals surface area (Å²) in [5, 5.41) is 12.1. The lowest BCUT2D eigenvalue weighted by Gasteiger charge is -2.11. The van der Waals surface area contributed by atoms with Gasteiger partial charge in [0.15, 0.2) is 5.11 Å². The summed E-state index contributed by atoms with van der Waals surface area (Å²) < 4.78 is 7.18. The van der Waals surface area contributed by atoms with Crippen molar-refractivity contribution in [3.05, 3.63) is 27.9 Å². The summed E-state index contributed by atoms with van der Waals surface area (Å²) in [6.45, 7) is 6.97. The first kappa shape index (κ1) is 19.8. The number of rotatable bonds is 5. The number of aromatic nitrogens is 2. The van der Waals surface area contributed by atoms with Crippen molar-refractivity contribution in [2.45, 2.75) is 59.4 Å². The van der Waals surface area contributed by atoms with Crippen molar-refractivity contribution >= 4 is 45.3 Å². The molecular weight excluding hydrogens is 380 g/mol. The number of nitrogens with one attached hydrogen (secondary N) is 2. The van der Waals surface area contributed by atoms with Crippen LogP contribution in [-0.4, -0.2) is 27.5 Å². The van der Waals surface area contributed by atoms with Crippen molar-refractivity contribution in [3.8, 4) is 0 Å². The molecule has 0 spiro atoms. The maximum absolute atomic E-state index is 12.6. The summed E-state index contributed by atoms with van der Waals surface area (Å²) in [5.74, 6) is -0.266. The van der Waals surface area contributed by atoms with E-state index in [1.165, 1.54) is 11.3 Å². The zero-order valence-electron chi connectivity index (χ0n) is 16.1. The Morgan fingerprint density at radius 1 is 1.30 bits per heavy atom. The number of thiophene rings is 1. The average Bonchev–Trinajstić information content (AvgIpc) is 3.06. The van der Waals surface area contributed by atoms with Gasteiger partial charge in [0.25, 0.3) is 0 Å². The number of nitrogens with zero attached hydrogens (tertiary/aromatic N) is 2. The summed E-state index contributed by atoms with van der Waals surface area (Å²) in [5.41, 5.74) is 3.54. The van der Waals surface area contributed by atoms with E-state index in [1.54, 1.807) is 11.3 Å². The van der Waals surface area contributed by atoms with E-state index in [9.17, 15) is 4.79 Å². The van der Waals surface area contributed by atoms with Gasteiger partial charge >= 0.3 is 5.97 Å². The van der Waals surface area contributed by atoms with Gasteiger partial charge in [-0.3, -0.25) is 4.68 Å². The summed E-state index contributed by atoms with van der Waals surface area (Å²) in [4.78, 5) is 13.9. The molecule has 0 radical (unpaired) electrons. The predicted octanol–water partition coefficient (Wildman–Crippen LogP) is 4.53. The molecule has 0 unspecified atom stereocenters. The molecule has 0 aromatic carbocycles. The van der Waals surface area contributed by atoms with Crippen LogP contribution in [-0.2, 0) is 24.1 Å². The van der Waals surface area contributed by atoms with Gasteiger partial charge in [-0.1, -0.05) is 6.42 Å². The second-order valence-corrected chi connectivity index (χ2v) is 8.07. The van der Waals surface area contributed by atoms with Crippen LogP contribution in [0.15, 0.2) is 6.20 Å². The Bertz CT molecular complexity index is 841. The number of fused-ring (bicyclic) bond motifs is 1. The Morgan fingerprint density at radius 2 is 2.07 bits per heavy atom. The summed E-state index contributed by atoms with van der Waals surface area (Å²) >= 11 is 7.12. The highest BCUT2D eigenvalue weighted by atomic mass is 32.1. The molecule has 0 saturated carbocycles. The molecular formula is C19H26N4O2S2. The number of anilines is 2. The topological polar surface area (TPSA) is 68.2 Å². The Kier molecular flexibility index (Phi) is 6.49. The normalized spacial score (nSPS) is 13.6. The van der Waals surface area contributed by atoms with Crippen molar-refractivity contribution in [1.82, 2.24) is 9.78 Å². The van der Waals surface area contributed by atoms with E-state index in [1.807, 2.05) is 31.6 Å². The first-order valence-electron chi connectivity index (χ1n) is 9.47. The van der Waals surface area contributed by atoms with E-state index in [4.69, 9.17) is 17.0 Å². The molecule has 2 heterocycles. The fourth-order valence-electron chi connectivity index (χ4n) is 3.31. The zero-order valence-corrected chi connectivity index (χ0v) is 17.7. The molecule has 0 bridgehead atoms. The van der Waals surface area contributed by atoms with Gasteiger partial charge in [-0.25, -0.2) is 4.79 Å². The molecule has 0 saturated heterocycles. The molecule has 1 aliphatic carbocycles. The van der Waals surface area contributed by atoms with Crippen molar-refractivity contribution in [3.63, 3.8) is 0 Å². The van der Waals surface area contributed by atoms with E-state index in [0.717, 1.165) is 54.2 Å². The lowest BCUT2D eigenvalue weighted by molar-refractivity contribution is 0.0527. The number of thiocarbonyl (C=S) groups is 1. The molecule has 6 nitrogen and oxygen atoms in total. The summed E-state index contributed by atoms with van der Waals surface area (Å²) in [6.07, 6.45) is 7.33. The number of aryl methyl sites for hydroxylation is 3. The third kappa shape index (κ3) is 4.50. The molecule has 2 aromatic rings. The first-order chi connectivity index (χ1) is 13.0. The maximum atomic E-state index is 12.6. The van der Waals surface area contributed by atoms with Crippen LogP contribution >= 0.6 is 23.6 Å². The number of carbonyl (C=O) groups is 1. The minimum atomic E-state index is -0.266. The molecule has 2 N–H and O–H groups in total. The lowest BCUT2D eigenvalue weighted by atomic mass is 10.1. The Labute approximate surface area is 169 Å². The molecule has 0 atom stereocenters. The Morgan fingerprint density at radius 3 is 2.78 bits per heavy atom. The fraction of sp³-hybridized carbons (Fsp3) is 0.526. The highest BCUT2D eigenvalue weighted by Crippen LogP contribution is 2.38. The molecule has 0 aliphatic heterocycles. The van der Waals surface area contributed by atoms with Crippen molar-refractivity contribution in [1.29, 1.82) is 0 Å².